The summed E-state index contributed by atoms with van der Waals surface area (Å²) in [5.74, 6) is -0.536. The number of amides is 1. The van der Waals surface area contributed by atoms with Crippen LogP contribution >= 0.6 is 11.2 Å². The number of carbonyl (C=O) groups excluding carboxylic acids is 1. The van der Waals surface area contributed by atoms with Gasteiger partial charge in [0.05, 0.1) is 16.0 Å². The van der Waals surface area contributed by atoms with Gasteiger partial charge < -0.3 is 10.3 Å². The first-order valence-corrected chi connectivity index (χ1v) is 8.08. The van der Waals surface area contributed by atoms with Crippen molar-refractivity contribution < 1.29 is 16.5 Å². The van der Waals surface area contributed by atoms with Crippen LogP contribution in [0.5, 0.6) is 0 Å². The quantitative estimate of drug-likeness (QED) is 0.742. The zero-order chi connectivity index (χ0) is 16.6. The van der Waals surface area contributed by atoms with Gasteiger partial charge in [-0.05, 0) is 29.8 Å². The highest BCUT2D eigenvalue weighted by atomic mass is 32.3. The summed E-state index contributed by atoms with van der Waals surface area (Å²) in [5, 5.41) is 0.859. The largest absolute Gasteiger partial charge is 0.366 e. The van der Waals surface area contributed by atoms with E-state index in [0.717, 1.165) is 17.5 Å². The zero-order valence-electron chi connectivity index (χ0n) is 11.9. The normalized spacial score (nSPS) is 12.5. The molecule has 1 amide bonds. The predicted octanol–water partition coefficient (Wildman–Crippen LogP) is 4.61. The van der Waals surface area contributed by atoms with E-state index in [-0.39, 0.29) is 0 Å². The van der Waals surface area contributed by atoms with Crippen LogP contribution in [0.1, 0.15) is 15.9 Å². The molecule has 120 valence electrons. The van der Waals surface area contributed by atoms with Crippen LogP contribution in [0, 0.1) is 0 Å². The van der Waals surface area contributed by atoms with Gasteiger partial charge in [-0.25, -0.2) is 0 Å². The molecule has 0 saturated carbocycles. The summed E-state index contributed by atoms with van der Waals surface area (Å²) >= 11 is -5.20. The molecule has 0 saturated heterocycles. The van der Waals surface area contributed by atoms with Gasteiger partial charge in [-0.15, -0.1) is 11.7 Å². The zero-order valence-corrected chi connectivity index (χ0v) is 12.7. The van der Waals surface area contributed by atoms with Crippen molar-refractivity contribution in [1.82, 2.24) is 4.57 Å². The van der Waals surface area contributed by atoms with Gasteiger partial charge in [0, 0.05) is 18.1 Å². The molecule has 0 atom stereocenters. The molecule has 3 aromatic rings. The van der Waals surface area contributed by atoms with E-state index in [4.69, 9.17) is 5.73 Å². The second kappa shape index (κ2) is 5.66. The number of rotatable bonds is 4. The van der Waals surface area contributed by atoms with Gasteiger partial charge in [-0.1, -0.05) is 24.3 Å². The van der Waals surface area contributed by atoms with Gasteiger partial charge in [0.1, 0.15) is 0 Å². The first-order chi connectivity index (χ1) is 10.9. The molecule has 0 aliphatic carbocycles. The lowest BCUT2D eigenvalue weighted by atomic mass is 10.1. The predicted molar refractivity (Wildman–Crippen MR) is 85.2 cm³/mol. The SMILES string of the molecule is NC(=O)c1cccc2ccn(Cc3ccc(S(F)(F)F)cc3)c12. The van der Waals surface area contributed by atoms with Crippen LogP contribution in [-0.4, -0.2) is 10.5 Å². The lowest BCUT2D eigenvalue weighted by molar-refractivity contribution is 0.100. The van der Waals surface area contributed by atoms with Crippen molar-refractivity contribution in [3.63, 3.8) is 0 Å². The van der Waals surface area contributed by atoms with Crippen LogP contribution in [0.3, 0.4) is 0 Å². The number of carbonyl (C=O) groups is 1. The monoisotopic (exact) mass is 338 g/mol. The molecule has 7 heteroatoms. The maximum Gasteiger partial charge on any atom is 0.250 e. The Morgan fingerprint density at radius 3 is 2.35 bits per heavy atom. The molecule has 1 aromatic heterocycles. The lowest BCUT2D eigenvalue weighted by Gasteiger charge is -2.12. The van der Waals surface area contributed by atoms with Crippen molar-refractivity contribution in [2.24, 2.45) is 5.73 Å². The summed E-state index contributed by atoms with van der Waals surface area (Å²) in [6.07, 6.45) is 1.79. The molecule has 0 fully saturated rings. The fraction of sp³-hybridized carbons (Fsp3) is 0.0625. The summed E-state index contributed by atoms with van der Waals surface area (Å²) < 4.78 is 39.8. The fourth-order valence-corrected chi connectivity index (χ4v) is 2.98. The Hall–Kier alpha value is -2.41. The third-order valence-electron chi connectivity index (χ3n) is 3.60. The van der Waals surface area contributed by atoms with E-state index >= 15 is 0 Å². The number of aromatic nitrogens is 1. The Labute approximate surface area is 132 Å². The maximum atomic E-state index is 12.7. The van der Waals surface area contributed by atoms with Crippen molar-refractivity contribution in [2.75, 3.05) is 0 Å². The molecule has 0 unspecified atom stereocenters. The second-order valence-corrected chi connectivity index (χ2v) is 6.39. The van der Waals surface area contributed by atoms with Crippen LogP contribution in [0.25, 0.3) is 10.9 Å². The molecule has 1 heterocycles. The van der Waals surface area contributed by atoms with Crippen LogP contribution in [-0.2, 0) is 6.54 Å². The molecular weight excluding hydrogens is 325 g/mol. The summed E-state index contributed by atoms with van der Waals surface area (Å²) in [6, 6.07) is 12.2. The number of nitrogens with two attached hydrogens (primary N) is 1. The molecule has 0 aliphatic rings. The Morgan fingerprint density at radius 1 is 1.04 bits per heavy atom. The summed E-state index contributed by atoms with van der Waals surface area (Å²) in [7, 11) is 0. The Balaban J connectivity index is 1.97. The van der Waals surface area contributed by atoms with E-state index in [1.165, 1.54) is 12.1 Å². The van der Waals surface area contributed by atoms with Crippen LogP contribution in [0.2, 0.25) is 0 Å². The highest BCUT2D eigenvalue weighted by Gasteiger charge is 2.23. The summed E-state index contributed by atoms with van der Waals surface area (Å²) in [4.78, 5) is 11.0. The lowest BCUT2D eigenvalue weighted by Crippen LogP contribution is -2.13. The van der Waals surface area contributed by atoms with E-state index in [1.807, 2.05) is 16.7 Å². The molecular formula is C16H13F3N2OS. The number of hydrogen-bond donors (Lipinski definition) is 1. The van der Waals surface area contributed by atoms with Gasteiger partial charge in [-0.3, -0.25) is 4.79 Å². The first kappa shape index (κ1) is 15.5. The Morgan fingerprint density at radius 2 is 1.74 bits per heavy atom. The molecule has 0 aliphatic heterocycles. The number of primary amides is 1. The summed E-state index contributed by atoms with van der Waals surface area (Å²) in [6.45, 7) is 0.362. The van der Waals surface area contributed by atoms with Gasteiger partial charge >= 0.3 is 0 Å². The molecule has 0 bridgehead atoms. The number of nitrogens with zero attached hydrogens (tertiary/aromatic N) is 1. The number of para-hydroxylation sites is 1. The standard InChI is InChI=1S/C16H13F3N2OS/c17-23(18,19)13-6-4-11(5-7-13)10-21-9-8-12-2-1-3-14(15(12)21)16(20)22/h1-9H,10H2,(H2,20,22). The highest BCUT2D eigenvalue weighted by Crippen LogP contribution is 2.60. The van der Waals surface area contributed by atoms with Crippen LogP contribution in [0.4, 0.5) is 11.7 Å². The van der Waals surface area contributed by atoms with Crippen molar-refractivity contribution in [3.8, 4) is 0 Å². The third kappa shape index (κ3) is 3.05. The Bertz CT molecular complexity index is 869. The van der Waals surface area contributed by atoms with Crippen molar-refractivity contribution in [1.29, 1.82) is 0 Å². The van der Waals surface area contributed by atoms with E-state index in [0.29, 0.717) is 23.2 Å². The van der Waals surface area contributed by atoms with E-state index in [1.54, 1.807) is 18.3 Å². The number of halogens is 3. The number of hydrogen-bond acceptors (Lipinski definition) is 1. The van der Waals surface area contributed by atoms with Crippen molar-refractivity contribution in [2.45, 2.75) is 11.4 Å². The minimum Gasteiger partial charge on any atom is -0.366 e. The van der Waals surface area contributed by atoms with E-state index in [9.17, 15) is 16.5 Å². The van der Waals surface area contributed by atoms with Gasteiger partial charge in [0.2, 0.25) is 11.2 Å². The second-order valence-electron chi connectivity index (χ2n) is 5.10. The van der Waals surface area contributed by atoms with E-state index < -0.39 is 22.0 Å². The highest BCUT2D eigenvalue weighted by molar-refractivity contribution is 8.20. The van der Waals surface area contributed by atoms with Crippen LogP contribution in [0.15, 0.2) is 59.6 Å². The minimum absolute atomic E-state index is 0.362. The molecule has 0 spiro atoms. The smallest absolute Gasteiger partial charge is 0.250 e. The van der Waals surface area contributed by atoms with Crippen molar-refractivity contribution in [3.05, 3.63) is 65.9 Å². The topological polar surface area (TPSA) is 48.0 Å². The average Bonchev–Trinajstić information content (AvgIpc) is 2.90. The van der Waals surface area contributed by atoms with Crippen molar-refractivity contribution >= 4 is 28.0 Å². The molecule has 3 rings (SSSR count). The molecule has 2 N–H and O–H groups in total. The molecule has 3 nitrogen and oxygen atoms in total. The fourth-order valence-electron chi connectivity index (χ4n) is 2.54. The summed E-state index contributed by atoms with van der Waals surface area (Å²) in [5.41, 5.74) is 7.19. The maximum absolute atomic E-state index is 12.7. The van der Waals surface area contributed by atoms with Gasteiger partial charge in [0.15, 0.2) is 0 Å². The first-order valence-electron chi connectivity index (χ1n) is 6.75. The average molecular weight is 338 g/mol. The third-order valence-corrected chi connectivity index (χ3v) is 4.40. The van der Waals surface area contributed by atoms with Crippen LogP contribution < -0.4 is 5.73 Å². The molecule has 23 heavy (non-hydrogen) atoms. The molecule has 2 aromatic carbocycles. The minimum atomic E-state index is -5.20. The number of fused-ring (bicyclic) bond motifs is 1. The van der Waals surface area contributed by atoms with Gasteiger partial charge in [0.25, 0.3) is 5.91 Å². The van der Waals surface area contributed by atoms with E-state index in [2.05, 4.69) is 0 Å². The number of benzene rings is 2. The van der Waals surface area contributed by atoms with Gasteiger partial charge in [-0.2, -0.15) is 0 Å². The molecule has 0 radical (unpaired) electrons. The Kier molecular flexibility index (Phi) is 3.81.